The number of esters is 1. The van der Waals surface area contributed by atoms with Gasteiger partial charge in [-0.25, -0.2) is 4.79 Å². The van der Waals surface area contributed by atoms with E-state index >= 15 is 0 Å². The van der Waals surface area contributed by atoms with Crippen LogP contribution in [0.2, 0.25) is 0 Å². The van der Waals surface area contributed by atoms with Crippen LogP contribution in [0.5, 0.6) is 0 Å². The van der Waals surface area contributed by atoms with E-state index in [0.29, 0.717) is 5.76 Å². The lowest BCUT2D eigenvalue weighted by Crippen LogP contribution is -1.98. The van der Waals surface area contributed by atoms with Gasteiger partial charge in [0.25, 0.3) is 0 Å². The van der Waals surface area contributed by atoms with Gasteiger partial charge in [0.15, 0.2) is 0 Å². The van der Waals surface area contributed by atoms with E-state index in [1.807, 2.05) is 0 Å². The molecule has 0 aliphatic rings. The number of nitrogens with zero attached hydrogens (tertiary/aromatic N) is 1. The van der Waals surface area contributed by atoms with E-state index in [-0.39, 0.29) is 5.76 Å². The lowest BCUT2D eigenvalue weighted by atomic mass is 10.2. The molecule has 0 fully saturated rings. The molecule has 4 heteroatoms. The Morgan fingerprint density at radius 3 is 2.67 bits per heavy atom. The normalized spacial score (nSPS) is 9.93. The zero-order chi connectivity index (χ0) is 10.7. The van der Waals surface area contributed by atoms with Crippen molar-refractivity contribution in [2.45, 2.75) is 0 Å². The topological polar surface area (TPSA) is 52.3 Å². The number of hydrogen-bond donors (Lipinski definition) is 0. The van der Waals surface area contributed by atoms with Gasteiger partial charge in [-0.15, -0.1) is 0 Å². The quantitative estimate of drug-likeness (QED) is 0.701. The van der Waals surface area contributed by atoms with Crippen molar-refractivity contribution in [1.82, 2.24) is 4.98 Å². The predicted octanol–water partition coefficient (Wildman–Crippen LogP) is 2.13. The molecule has 0 aromatic carbocycles. The van der Waals surface area contributed by atoms with Crippen LogP contribution in [-0.2, 0) is 4.74 Å². The summed E-state index contributed by atoms with van der Waals surface area (Å²) in [6, 6.07) is 6.92. The Morgan fingerprint density at radius 2 is 2.00 bits per heavy atom. The number of methoxy groups -OCH3 is 1. The van der Waals surface area contributed by atoms with Crippen molar-refractivity contribution in [3.05, 3.63) is 42.4 Å². The molecule has 2 aromatic rings. The summed E-state index contributed by atoms with van der Waals surface area (Å²) in [6.07, 6.45) is 3.32. The molecule has 2 rings (SSSR count). The van der Waals surface area contributed by atoms with E-state index in [0.717, 1.165) is 5.56 Å². The van der Waals surface area contributed by atoms with Gasteiger partial charge < -0.3 is 9.15 Å². The van der Waals surface area contributed by atoms with Crippen molar-refractivity contribution >= 4 is 5.97 Å². The minimum absolute atomic E-state index is 0.198. The number of rotatable bonds is 2. The van der Waals surface area contributed by atoms with E-state index in [9.17, 15) is 4.79 Å². The van der Waals surface area contributed by atoms with Crippen LogP contribution in [0.3, 0.4) is 0 Å². The van der Waals surface area contributed by atoms with Crippen LogP contribution in [0.15, 0.2) is 41.1 Å². The number of hydrogen-bond acceptors (Lipinski definition) is 4. The molecule has 0 aliphatic carbocycles. The van der Waals surface area contributed by atoms with Gasteiger partial charge in [0, 0.05) is 18.0 Å². The smallest absolute Gasteiger partial charge is 0.373 e. The van der Waals surface area contributed by atoms with Gasteiger partial charge >= 0.3 is 5.97 Å². The number of furan rings is 1. The number of carbonyl (C=O) groups excluding carboxylic acids is 1. The van der Waals surface area contributed by atoms with Gasteiger partial charge in [0.2, 0.25) is 5.76 Å². The molecule has 0 aliphatic heterocycles. The van der Waals surface area contributed by atoms with Crippen LogP contribution < -0.4 is 0 Å². The van der Waals surface area contributed by atoms with Crippen molar-refractivity contribution < 1.29 is 13.9 Å². The molecule has 0 unspecified atom stereocenters. The van der Waals surface area contributed by atoms with Crippen molar-refractivity contribution in [2.24, 2.45) is 0 Å². The Morgan fingerprint density at radius 1 is 1.27 bits per heavy atom. The second-order valence-electron chi connectivity index (χ2n) is 2.89. The van der Waals surface area contributed by atoms with Crippen LogP contribution in [0.1, 0.15) is 10.6 Å². The van der Waals surface area contributed by atoms with E-state index in [1.165, 1.54) is 7.11 Å². The minimum Gasteiger partial charge on any atom is -0.463 e. The van der Waals surface area contributed by atoms with Crippen molar-refractivity contribution in [3.8, 4) is 11.3 Å². The summed E-state index contributed by atoms with van der Waals surface area (Å²) in [7, 11) is 1.32. The van der Waals surface area contributed by atoms with Crippen molar-refractivity contribution in [2.75, 3.05) is 7.11 Å². The summed E-state index contributed by atoms with van der Waals surface area (Å²) in [5.41, 5.74) is 0.875. The number of carbonyl (C=O) groups is 1. The van der Waals surface area contributed by atoms with Crippen LogP contribution >= 0.6 is 0 Å². The van der Waals surface area contributed by atoms with E-state index in [4.69, 9.17) is 4.42 Å². The molecule has 76 valence electrons. The van der Waals surface area contributed by atoms with Crippen molar-refractivity contribution in [3.63, 3.8) is 0 Å². The van der Waals surface area contributed by atoms with Gasteiger partial charge in [-0.05, 0) is 24.3 Å². The maximum absolute atomic E-state index is 11.1. The first-order valence-corrected chi connectivity index (χ1v) is 4.40. The highest BCUT2D eigenvalue weighted by molar-refractivity contribution is 5.86. The van der Waals surface area contributed by atoms with Gasteiger partial charge in [0.05, 0.1) is 7.11 Å². The summed E-state index contributed by atoms with van der Waals surface area (Å²) in [5, 5.41) is 0. The summed E-state index contributed by atoms with van der Waals surface area (Å²) in [4.78, 5) is 15.0. The average molecular weight is 203 g/mol. The maximum Gasteiger partial charge on any atom is 0.373 e. The Balaban J connectivity index is 2.32. The monoisotopic (exact) mass is 203 g/mol. The molecular weight excluding hydrogens is 194 g/mol. The molecule has 0 radical (unpaired) electrons. The summed E-state index contributed by atoms with van der Waals surface area (Å²) < 4.78 is 9.86. The lowest BCUT2D eigenvalue weighted by Gasteiger charge is -1.95. The molecule has 0 amide bonds. The Bertz CT molecular complexity index is 462. The fourth-order valence-corrected chi connectivity index (χ4v) is 1.22. The van der Waals surface area contributed by atoms with Crippen molar-refractivity contribution in [1.29, 1.82) is 0 Å². The fourth-order valence-electron chi connectivity index (χ4n) is 1.22. The average Bonchev–Trinajstić information content (AvgIpc) is 2.78. The standard InChI is InChI=1S/C11H9NO3/c1-14-11(13)10-3-2-9(15-10)8-4-6-12-7-5-8/h2-7H,1H3. The maximum atomic E-state index is 11.1. The first-order chi connectivity index (χ1) is 7.31. The zero-order valence-corrected chi connectivity index (χ0v) is 8.14. The Hall–Kier alpha value is -2.10. The van der Waals surface area contributed by atoms with Crippen LogP contribution in [0.4, 0.5) is 0 Å². The molecular formula is C11H9NO3. The number of pyridine rings is 1. The minimum atomic E-state index is -0.477. The van der Waals surface area contributed by atoms with Gasteiger partial charge in [-0.1, -0.05) is 0 Å². The summed E-state index contributed by atoms with van der Waals surface area (Å²) in [6.45, 7) is 0. The highest BCUT2D eigenvalue weighted by Gasteiger charge is 2.11. The summed E-state index contributed by atoms with van der Waals surface area (Å²) in [5.74, 6) is 0.345. The molecule has 0 bridgehead atoms. The molecule has 2 aromatic heterocycles. The highest BCUT2D eigenvalue weighted by Crippen LogP contribution is 2.21. The van der Waals surface area contributed by atoms with Gasteiger partial charge in [0.1, 0.15) is 5.76 Å². The third-order valence-electron chi connectivity index (χ3n) is 1.96. The molecule has 2 heterocycles. The molecule has 0 spiro atoms. The molecule has 0 saturated heterocycles. The van der Waals surface area contributed by atoms with Gasteiger partial charge in [-0.3, -0.25) is 4.98 Å². The first kappa shape index (κ1) is 9.45. The van der Waals surface area contributed by atoms with Crippen LogP contribution in [0.25, 0.3) is 11.3 Å². The largest absolute Gasteiger partial charge is 0.463 e. The zero-order valence-electron chi connectivity index (χ0n) is 8.14. The number of ether oxygens (including phenoxy) is 1. The van der Waals surface area contributed by atoms with E-state index in [1.54, 1.807) is 36.7 Å². The predicted molar refractivity (Wildman–Crippen MR) is 53.3 cm³/mol. The summed E-state index contributed by atoms with van der Waals surface area (Å²) >= 11 is 0. The Kier molecular flexibility index (Phi) is 2.49. The van der Waals surface area contributed by atoms with E-state index in [2.05, 4.69) is 9.72 Å². The second kappa shape index (κ2) is 3.96. The lowest BCUT2D eigenvalue weighted by molar-refractivity contribution is 0.0566. The van der Waals surface area contributed by atoms with E-state index < -0.39 is 5.97 Å². The highest BCUT2D eigenvalue weighted by atomic mass is 16.5. The van der Waals surface area contributed by atoms with Crippen LogP contribution in [-0.4, -0.2) is 18.1 Å². The number of aromatic nitrogens is 1. The van der Waals surface area contributed by atoms with Gasteiger partial charge in [-0.2, -0.15) is 0 Å². The molecule has 0 atom stereocenters. The SMILES string of the molecule is COC(=O)c1ccc(-c2ccncc2)o1. The Labute approximate surface area is 86.5 Å². The second-order valence-corrected chi connectivity index (χ2v) is 2.89. The van der Waals surface area contributed by atoms with Crippen LogP contribution in [0, 0.1) is 0 Å². The fraction of sp³-hybridized carbons (Fsp3) is 0.0909. The molecule has 15 heavy (non-hydrogen) atoms. The molecule has 0 saturated carbocycles. The third-order valence-corrected chi connectivity index (χ3v) is 1.96. The molecule has 4 nitrogen and oxygen atoms in total. The third kappa shape index (κ3) is 1.88. The first-order valence-electron chi connectivity index (χ1n) is 4.40. The molecule has 0 N–H and O–H groups in total.